The molecule has 0 spiro atoms. The lowest BCUT2D eigenvalue weighted by atomic mass is 10.0. The van der Waals surface area contributed by atoms with Gasteiger partial charge in [-0.05, 0) is 47.9 Å². The topological polar surface area (TPSA) is 58.2 Å². The number of carbonyl (C=O) groups excluding carboxylic acids is 2. The van der Waals surface area contributed by atoms with E-state index in [1.165, 1.54) is 5.56 Å². The van der Waals surface area contributed by atoms with Gasteiger partial charge >= 0.3 is 0 Å². The van der Waals surface area contributed by atoms with E-state index < -0.39 is 0 Å². The van der Waals surface area contributed by atoms with Crippen LogP contribution in [0.4, 0.5) is 5.69 Å². The molecule has 158 valence electrons. The fourth-order valence-corrected chi connectivity index (χ4v) is 3.41. The summed E-state index contributed by atoms with van der Waals surface area (Å²) in [6, 6.07) is 32.4. The van der Waals surface area contributed by atoms with Crippen molar-refractivity contribution in [3.8, 4) is 11.1 Å². The first-order valence-electron chi connectivity index (χ1n) is 10.5. The van der Waals surface area contributed by atoms with Crippen molar-refractivity contribution in [1.82, 2.24) is 5.32 Å². The minimum absolute atomic E-state index is 0.235. The van der Waals surface area contributed by atoms with Gasteiger partial charge in [0.1, 0.15) is 0 Å². The summed E-state index contributed by atoms with van der Waals surface area (Å²) in [6.07, 6.45) is 0. The van der Waals surface area contributed by atoms with Gasteiger partial charge in [0, 0.05) is 12.1 Å². The molecule has 4 heteroatoms. The monoisotopic (exact) mass is 420 g/mol. The van der Waals surface area contributed by atoms with Gasteiger partial charge in [-0.3, -0.25) is 9.59 Å². The number of para-hydroxylation sites is 1. The number of carbonyl (C=O) groups is 2. The molecule has 0 saturated heterocycles. The second kappa shape index (κ2) is 9.75. The van der Waals surface area contributed by atoms with Crippen LogP contribution in [0.3, 0.4) is 0 Å². The Hall–Kier alpha value is -4.18. The number of hydrogen-bond donors (Lipinski definition) is 2. The molecule has 0 unspecified atom stereocenters. The molecule has 4 nitrogen and oxygen atoms in total. The molecule has 0 aliphatic rings. The van der Waals surface area contributed by atoms with E-state index in [0.29, 0.717) is 23.4 Å². The molecule has 32 heavy (non-hydrogen) atoms. The Morgan fingerprint density at radius 2 is 1.28 bits per heavy atom. The molecule has 4 aromatic rings. The van der Waals surface area contributed by atoms with Crippen LogP contribution >= 0.6 is 0 Å². The van der Waals surface area contributed by atoms with Crippen molar-refractivity contribution < 1.29 is 9.59 Å². The van der Waals surface area contributed by atoms with Crippen LogP contribution in [0.1, 0.15) is 31.8 Å². The molecule has 0 radical (unpaired) electrons. The van der Waals surface area contributed by atoms with Gasteiger partial charge < -0.3 is 10.6 Å². The van der Waals surface area contributed by atoms with Crippen LogP contribution in [0.15, 0.2) is 103 Å². The van der Waals surface area contributed by atoms with Crippen LogP contribution in [0.25, 0.3) is 11.1 Å². The molecule has 0 saturated carbocycles. The molecular formula is C28H24N2O2. The molecule has 0 aromatic heterocycles. The number of aryl methyl sites for hydroxylation is 1. The molecule has 0 aliphatic carbocycles. The van der Waals surface area contributed by atoms with Gasteiger partial charge in [-0.2, -0.15) is 0 Å². The minimum Gasteiger partial charge on any atom is -0.348 e. The van der Waals surface area contributed by atoms with E-state index >= 15 is 0 Å². The SMILES string of the molecule is Cc1ccc(CNC(=O)c2ccccc2NC(=O)c2ccc(-c3ccccc3)cc2)cc1. The van der Waals surface area contributed by atoms with Gasteiger partial charge in [0.25, 0.3) is 11.8 Å². The quantitative estimate of drug-likeness (QED) is 0.411. The maximum absolute atomic E-state index is 12.8. The molecule has 2 N–H and O–H groups in total. The largest absolute Gasteiger partial charge is 0.348 e. The molecule has 0 heterocycles. The zero-order valence-electron chi connectivity index (χ0n) is 17.8. The predicted molar refractivity (Wildman–Crippen MR) is 129 cm³/mol. The average molecular weight is 421 g/mol. The second-order valence-electron chi connectivity index (χ2n) is 7.61. The molecule has 0 fully saturated rings. The normalized spacial score (nSPS) is 10.4. The molecule has 0 aliphatic heterocycles. The predicted octanol–water partition coefficient (Wildman–Crippen LogP) is 5.84. The summed E-state index contributed by atoms with van der Waals surface area (Å²) < 4.78 is 0. The van der Waals surface area contributed by atoms with E-state index in [0.717, 1.165) is 16.7 Å². The zero-order chi connectivity index (χ0) is 22.3. The van der Waals surface area contributed by atoms with Gasteiger partial charge in [0.15, 0.2) is 0 Å². The number of benzene rings is 4. The van der Waals surface area contributed by atoms with Gasteiger partial charge in [-0.25, -0.2) is 0 Å². The van der Waals surface area contributed by atoms with E-state index in [2.05, 4.69) is 10.6 Å². The maximum atomic E-state index is 12.8. The van der Waals surface area contributed by atoms with E-state index in [1.807, 2.05) is 73.7 Å². The Morgan fingerprint density at radius 3 is 2.00 bits per heavy atom. The molecule has 0 bridgehead atoms. The first-order chi connectivity index (χ1) is 15.6. The van der Waals surface area contributed by atoms with E-state index in [1.54, 1.807) is 36.4 Å². The van der Waals surface area contributed by atoms with Gasteiger partial charge in [0.05, 0.1) is 11.3 Å². The standard InChI is InChI=1S/C28H24N2O2/c1-20-11-13-21(14-12-20)19-29-28(32)25-9-5-6-10-26(25)30-27(31)24-17-15-23(16-18-24)22-7-3-2-4-8-22/h2-18H,19H2,1H3,(H,29,32)(H,30,31). The first kappa shape index (κ1) is 21.1. The highest BCUT2D eigenvalue weighted by molar-refractivity contribution is 6.09. The average Bonchev–Trinajstić information content (AvgIpc) is 2.84. The minimum atomic E-state index is -0.261. The second-order valence-corrected chi connectivity index (χ2v) is 7.61. The number of nitrogens with one attached hydrogen (secondary N) is 2. The van der Waals surface area contributed by atoms with E-state index in [-0.39, 0.29) is 11.8 Å². The fourth-order valence-electron chi connectivity index (χ4n) is 3.41. The number of amides is 2. The van der Waals surface area contributed by atoms with Crippen LogP contribution in [0, 0.1) is 6.92 Å². The molecular weight excluding hydrogens is 396 g/mol. The lowest BCUT2D eigenvalue weighted by Crippen LogP contribution is -2.24. The third-order valence-corrected chi connectivity index (χ3v) is 5.25. The Kier molecular flexibility index (Phi) is 6.42. The molecule has 4 aromatic carbocycles. The van der Waals surface area contributed by atoms with E-state index in [9.17, 15) is 9.59 Å². The van der Waals surface area contributed by atoms with Crippen molar-refractivity contribution >= 4 is 17.5 Å². The van der Waals surface area contributed by atoms with Crippen LogP contribution in [-0.2, 0) is 6.54 Å². The fraction of sp³-hybridized carbons (Fsp3) is 0.0714. The highest BCUT2D eigenvalue weighted by Gasteiger charge is 2.14. The Morgan fingerprint density at radius 1 is 0.656 bits per heavy atom. The number of rotatable bonds is 6. The number of anilines is 1. The smallest absolute Gasteiger partial charge is 0.255 e. The molecule has 0 atom stereocenters. The Labute approximate surface area is 187 Å². The van der Waals surface area contributed by atoms with Gasteiger partial charge in [-0.1, -0.05) is 84.4 Å². The van der Waals surface area contributed by atoms with Crippen molar-refractivity contribution in [2.75, 3.05) is 5.32 Å². The van der Waals surface area contributed by atoms with Crippen molar-refractivity contribution in [1.29, 1.82) is 0 Å². The Bertz CT molecular complexity index is 1210. The van der Waals surface area contributed by atoms with Crippen molar-refractivity contribution in [3.63, 3.8) is 0 Å². The van der Waals surface area contributed by atoms with Crippen LogP contribution in [0.5, 0.6) is 0 Å². The summed E-state index contributed by atoms with van der Waals surface area (Å²) in [5.41, 5.74) is 5.75. The molecule has 2 amide bonds. The maximum Gasteiger partial charge on any atom is 0.255 e. The lowest BCUT2D eigenvalue weighted by molar-refractivity contribution is 0.0952. The van der Waals surface area contributed by atoms with Crippen molar-refractivity contribution in [2.45, 2.75) is 13.5 Å². The summed E-state index contributed by atoms with van der Waals surface area (Å²) in [4.78, 5) is 25.6. The van der Waals surface area contributed by atoms with Crippen LogP contribution in [-0.4, -0.2) is 11.8 Å². The van der Waals surface area contributed by atoms with Gasteiger partial charge in [0.2, 0.25) is 0 Å². The van der Waals surface area contributed by atoms with Crippen molar-refractivity contribution in [2.24, 2.45) is 0 Å². The summed E-state index contributed by atoms with van der Waals surface area (Å²) in [5.74, 6) is -0.496. The van der Waals surface area contributed by atoms with Crippen LogP contribution < -0.4 is 10.6 Å². The third kappa shape index (κ3) is 5.10. The first-order valence-corrected chi connectivity index (χ1v) is 10.5. The number of hydrogen-bond acceptors (Lipinski definition) is 2. The zero-order valence-corrected chi connectivity index (χ0v) is 17.8. The summed E-state index contributed by atoms with van der Waals surface area (Å²) in [5, 5.41) is 5.80. The van der Waals surface area contributed by atoms with Gasteiger partial charge in [-0.15, -0.1) is 0 Å². The summed E-state index contributed by atoms with van der Waals surface area (Å²) in [7, 11) is 0. The van der Waals surface area contributed by atoms with E-state index in [4.69, 9.17) is 0 Å². The summed E-state index contributed by atoms with van der Waals surface area (Å²) in [6.45, 7) is 2.44. The Balaban J connectivity index is 1.44. The molecule has 4 rings (SSSR count). The van der Waals surface area contributed by atoms with Crippen LogP contribution in [0.2, 0.25) is 0 Å². The lowest BCUT2D eigenvalue weighted by Gasteiger charge is -2.12. The van der Waals surface area contributed by atoms with Crippen molar-refractivity contribution in [3.05, 3.63) is 125 Å². The highest BCUT2D eigenvalue weighted by Crippen LogP contribution is 2.21. The highest BCUT2D eigenvalue weighted by atomic mass is 16.2. The third-order valence-electron chi connectivity index (χ3n) is 5.25. The summed E-state index contributed by atoms with van der Waals surface area (Å²) >= 11 is 0.